The van der Waals surface area contributed by atoms with Crippen LogP contribution >= 0.6 is 0 Å². The highest BCUT2D eigenvalue weighted by molar-refractivity contribution is 6.04. The zero-order valence-corrected chi connectivity index (χ0v) is 17.5. The average Bonchev–Trinajstić information content (AvgIpc) is 3.02. The van der Waals surface area contributed by atoms with Gasteiger partial charge in [-0.2, -0.15) is 0 Å². The minimum atomic E-state index is -0.304. The smallest absolute Gasteiger partial charge is 0.258 e. The van der Waals surface area contributed by atoms with Gasteiger partial charge in [0.2, 0.25) is 0 Å². The number of carbonyl (C=O) groups excluding carboxylic acids is 2. The summed E-state index contributed by atoms with van der Waals surface area (Å²) in [4.78, 5) is 24.9. The molecule has 1 aliphatic carbocycles. The van der Waals surface area contributed by atoms with E-state index in [1.54, 1.807) is 32.4 Å². The Morgan fingerprint density at radius 2 is 1.90 bits per heavy atom. The number of hydrogen-bond acceptors (Lipinski definition) is 5. The van der Waals surface area contributed by atoms with Gasteiger partial charge in [-0.3, -0.25) is 9.59 Å². The Kier molecular flexibility index (Phi) is 6.11. The Morgan fingerprint density at radius 3 is 2.59 bits per heavy atom. The lowest BCUT2D eigenvalue weighted by atomic mass is 9.97. The Labute approximate surface area is 171 Å². The number of fused-ring (bicyclic) bond motifs is 1. The third kappa shape index (κ3) is 4.21. The van der Waals surface area contributed by atoms with Gasteiger partial charge in [-0.05, 0) is 55.2 Å². The molecule has 29 heavy (non-hydrogen) atoms. The number of hydrogen-bond donors (Lipinski definition) is 1. The molecule has 0 unspecified atom stereocenters. The summed E-state index contributed by atoms with van der Waals surface area (Å²) in [5.74, 6) is 1.78. The number of ketones is 1. The number of rotatable bonds is 7. The number of benzene rings is 2. The number of methoxy groups -OCH3 is 2. The van der Waals surface area contributed by atoms with Gasteiger partial charge in [0, 0.05) is 12.0 Å². The number of Topliss-reactive ketones (excluding diaryl/α,β-unsaturated/α-hetero) is 1. The van der Waals surface area contributed by atoms with Crippen LogP contribution in [0.5, 0.6) is 17.2 Å². The van der Waals surface area contributed by atoms with Gasteiger partial charge in [0.15, 0.2) is 12.4 Å². The molecule has 6 heteroatoms. The molecule has 0 aliphatic heterocycles. The van der Waals surface area contributed by atoms with Gasteiger partial charge in [-0.1, -0.05) is 13.0 Å². The highest BCUT2D eigenvalue weighted by Gasteiger charge is 2.31. The van der Waals surface area contributed by atoms with Gasteiger partial charge in [-0.25, -0.2) is 0 Å². The predicted molar refractivity (Wildman–Crippen MR) is 110 cm³/mol. The second-order valence-electron chi connectivity index (χ2n) is 7.38. The fourth-order valence-electron chi connectivity index (χ4n) is 3.91. The van der Waals surface area contributed by atoms with Crippen LogP contribution in [0.2, 0.25) is 0 Å². The largest absolute Gasteiger partial charge is 0.497 e. The summed E-state index contributed by atoms with van der Waals surface area (Å²) in [6.07, 6.45) is 0.482. The van der Waals surface area contributed by atoms with E-state index in [9.17, 15) is 9.59 Å². The van der Waals surface area contributed by atoms with Crippen LogP contribution in [-0.4, -0.2) is 32.5 Å². The zero-order valence-electron chi connectivity index (χ0n) is 17.5. The van der Waals surface area contributed by atoms with Crippen LogP contribution in [0.1, 0.15) is 59.3 Å². The van der Waals surface area contributed by atoms with Crippen LogP contribution < -0.4 is 19.5 Å². The molecule has 1 amide bonds. The molecule has 2 aromatic rings. The molecule has 0 aromatic heterocycles. The molecular weight excluding hydrogens is 370 g/mol. The van der Waals surface area contributed by atoms with Gasteiger partial charge in [0.1, 0.15) is 17.2 Å². The van der Waals surface area contributed by atoms with Gasteiger partial charge in [0.05, 0.1) is 25.8 Å². The van der Waals surface area contributed by atoms with E-state index in [2.05, 4.69) is 5.32 Å². The van der Waals surface area contributed by atoms with Crippen LogP contribution in [0.25, 0.3) is 0 Å². The van der Waals surface area contributed by atoms with Gasteiger partial charge >= 0.3 is 0 Å². The first kappa shape index (κ1) is 20.7. The summed E-state index contributed by atoms with van der Waals surface area (Å²) in [5.41, 5.74) is 3.53. The van der Waals surface area contributed by atoms with Crippen molar-refractivity contribution in [1.29, 1.82) is 0 Å². The second kappa shape index (κ2) is 8.55. The molecule has 0 bridgehead atoms. The molecule has 2 aromatic carbocycles. The Bertz CT molecular complexity index is 937. The topological polar surface area (TPSA) is 73.9 Å². The Morgan fingerprint density at radius 1 is 1.17 bits per heavy atom. The van der Waals surface area contributed by atoms with Crippen LogP contribution in [0, 0.1) is 6.92 Å². The molecule has 0 fully saturated rings. The minimum Gasteiger partial charge on any atom is -0.497 e. The molecule has 154 valence electrons. The van der Waals surface area contributed by atoms with Crippen molar-refractivity contribution in [2.24, 2.45) is 0 Å². The molecule has 0 heterocycles. The lowest BCUT2D eigenvalue weighted by molar-refractivity contribution is -0.123. The fourth-order valence-corrected chi connectivity index (χ4v) is 3.91. The van der Waals surface area contributed by atoms with Crippen molar-refractivity contribution in [3.8, 4) is 17.2 Å². The summed E-state index contributed by atoms with van der Waals surface area (Å²) < 4.78 is 16.4. The molecule has 0 saturated carbocycles. The monoisotopic (exact) mass is 397 g/mol. The lowest BCUT2D eigenvalue weighted by Crippen LogP contribution is -2.31. The third-order valence-corrected chi connectivity index (χ3v) is 5.33. The predicted octanol–water partition coefficient (Wildman–Crippen LogP) is 3.96. The zero-order chi connectivity index (χ0) is 21.1. The van der Waals surface area contributed by atoms with E-state index < -0.39 is 0 Å². The van der Waals surface area contributed by atoms with Crippen molar-refractivity contribution in [3.05, 3.63) is 52.6 Å². The van der Waals surface area contributed by atoms with E-state index in [4.69, 9.17) is 14.2 Å². The van der Waals surface area contributed by atoms with E-state index in [1.807, 2.05) is 32.9 Å². The summed E-state index contributed by atoms with van der Waals surface area (Å²) >= 11 is 0. The van der Waals surface area contributed by atoms with Crippen molar-refractivity contribution in [1.82, 2.24) is 5.32 Å². The standard InChI is InChI=1S/C23H27NO5/c1-13-6-8-20(23-18(25)10-14(2)22(13)23)29-12-21(26)24-15(3)17-11-16(27-4)7-9-19(17)28-5/h6-9,11,14-15H,10,12H2,1-5H3,(H,24,26)/t14-,15+/m0/s1. The minimum absolute atomic E-state index is 0.0705. The van der Waals surface area contributed by atoms with E-state index in [0.29, 0.717) is 29.2 Å². The summed E-state index contributed by atoms with van der Waals surface area (Å²) in [5, 5.41) is 2.91. The fraction of sp³-hybridized carbons (Fsp3) is 0.391. The second-order valence-corrected chi connectivity index (χ2v) is 7.38. The average molecular weight is 397 g/mol. The number of carbonyl (C=O) groups is 2. The number of nitrogens with one attached hydrogen (secondary N) is 1. The highest BCUT2D eigenvalue weighted by atomic mass is 16.5. The Balaban J connectivity index is 1.70. The van der Waals surface area contributed by atoms with Crippen LogP contribution in [0.4, 0.5) is 0 Å². The van der Waals surface area contributed by atoms with Gasteiger partial charge in [0.25, 0.3) is 5.91 Å². The molecule has 0 radical (unpaired) electrons. The summed E-state index contributed by atoms with van der Waals surface area (Å²) in [7, 11) is 3.17. The summed E-state index contributed by atoms with van der Waals surface area (Å²) in [6, 6.07) is 8.83. The first-order valence-corrected chi connectivity index (χ1v) is 9.66. The third-order valence-electron chi connectivity index (χ3n) is 5.33. The molecule has 0 spiro atoms. The summed E-state index contributed by atoms with van der Waals surface area (Å²) in [6.45, 7) is 5.72. The maximum Gasteiger partial charge on any atom is 0.258 e. The van der Waals surface area contributed by atoms with Crippen molar-refractivity contribution >= 4 is 11.7 Å². The van der Waals surface area contributed by atoms with E-state index in [1.165, 1.54) is 0 Å². The number of aryl methyl sites for hydroxylation is 1. The van der Waals surface area contributed by atoms with Crippen molar-refractivity contribution in [2.75, 3.05) is 20.8 Å². The quantitative estimate of drug-likeness (QED) is 0.766. The van der Waals surface area contributed by atoms with Gasteiger partial charge in [-0.15, -0.1) is 0 Å². The molecular formula is C23H27NO5. The van der Waals surface area contributed by atoms with E-state index in [0.717, 1.165) is 16.7 Å². The molecule has 3 rings (SSSR count). The first-order chi connectivity index (χ1) is 13.8. The van der Waals surface area contributed by atoms with Crippen molar-refractivity contribution in [2.45, 2.75) is 39.2 Å². The SMILES string of the molecule is COc1ccc(OC)c([C@@H](C)NC(=O)COc2ccc(C)c3c2C(=O)C[C@@H]3C)c1. The van der Waals surface area contributed by atoms with Crippen molar-refractivity contribution < 1.29 is 23.8 Å². The van der Waals surface area contributed by atoms with Gasteiger partial charge < -0.3 is 19.5 Å². The molecule has 0 saturated heterocycles. The molecule has 1 aliphatic rings. The maximum absolute atomic E-state index is 12.5. The van der Waals surface area contributed by atoms with Crippen LogP contribution in [-0.2, 0) is 4.79 Å². The molecule has 1 N–H and O–H groups in total. The normalized spacial score (nSPS) is 16.2. The molecule has 6 nitrogen and oxygen atoms in total. The van der Waals surface area contributed by atoms with E-state index >= 15 is 0 Å². The first-order valence-electron chi connectivity index (χ1n) is 9.66. The van der Waals surface area contributed by atoms with Crippen LogP contribution in [0.15, 0.2) is 30.3 Å². The molecule has 2 atom stereocenters. The Hall–Kier alpha value is -3.02. The number of ether oxygens (including phenoxy) is 3. The maximum atomic E-state index is 12.5. The van der Waals surface area contributed by atoms with Crippen LogP contribution in [0.3, 0.4) is 0 Å². The van der Waals surface area contributed by atoms with E-state index in [-0.39, 0.29) is 30.3 Å². The number of amides is 1. The lowest BCUT2D eigenvalue weighted by Gasteiger charge is -2.19. The highest BCUT2D eigenvalue weighted by Crippen LogP contribution is 2.40. The van der Waals surface area contributed by atoms with Crippen molar-refractivity contribution in [3.63, 3.8) is 0 Å².